The number of primary amides is 1. The highest BCUT2D eigenvalue weighted by Crippen LogP contribution is 2.20. The molecule has 10 heteroatoms. The summed E-state index contributed by atoms with van der Waals surface area (Å²) in [5.41, 5.74) is 15.5. The van der Waals surface area contributed by atoms with Gasteiger partial charge in [0.2, 0.25) is 0 Å². The zero-order chi connectivity index (χ0) is 27.4. The molecular weight excluding hydrogens is 510 g/mol. The first-order valence-electron chi connectivity index (χ1n) is 12.0. The lowest BCUT2D eigenvalue weighted by Crippen LogP contribution is -2.22. The van der Waals surface area contributed by atoms with Crippen LogP contribution in [0.1, 0.15) is 33.5 Å². The highest BCUT2D eigenvalue weighted by molar-refractivity contribution is 7.10. The third-order valence-corrected chi connectivity index (χ3v) is 6.59. The summed E-state index contributed by atoms with van der Waals surface area (Å²) in [4.78, 5) is 33.2. The number of benzene rings is 2. The van der Waals surface area contributed by atoms with E-state index >= 15 is 0 Å². The first-order chi connectivity index (χ1) is 19.0. The van der Waals surface area contributed by atoms with Gasteiger partial charge in [-0.1, -0.05) is 43.2 Å². The second-order valence-corrected chi connectivity index (χ2v) is 9.24. The molecule has 0 atom stereocenters. The van der Waals surface area contributed by atoms with E-state index in [1.807, 2.05) is 48.5 Å². The van der Waals surface area contributed by atoms with Crippen molar-refractivity contribution in [3.05, 3.63) is 117 Å². The fraction of sp³-hybridized carbons (Fsp3) is 0.0690. The summed E-state index contributed by atoms with van der Waals surface area (Å²) in [6, 6.07) is 21.1. The molecule has 0 unspecified atom stereocenters. The summed E-state index contributed by atoms with van der Waals surface area (Å²) in [6.45, 7) is 2.06. The number of carbonyl (C=O) groups excluding carboxylic acids is 1. The van der Waals surface area contributed by atoms with E-state index in [9.17, 15) is 9.59 Å². The standard InChI is InChI=1S/C22H16N2OS.C7H7N5O/c1-2-18-13-17-8-6-7-16(11-12-20-14-23-15-26-20)21(17)22(25)24(18)19-9-4-3-5-10-19;8-6-5(7(9)13)12-4(11-6)2-1-3-10-12/h3-10,13-15H,2H2,1H3;1-3H,8H2,(H2,9,13). The number of carbonyl (C=O) groups is 1. The molecular formula is C29H23N7O2S. The second kappa shape index (κ2) is 11.0. The van der Waals surface area contributed by atoms with Crippen molar-refractivity contribution in [2.24, 2.45) is 5.73 Å². The van der Waals surface area contributed by atoms with Crippen molar-refractivity contribution < 1.29 is 4.79 Å². The van der Waals surface area contributed by atoms with Crippen LogP contribution in [0.25, 0.3) is 22.1 Å². The molecule has 0 spiro atoms. The van der Waals surface area contributed by atoms with E-state index < -0.39 is 5.91 Å². The average molecular weight is 534 g/mol. The van der Waals surface area contributed by atoms with Gasteiger partial charge in [-0.25, -0.2) is 9.50 Å². The summed E-state index contributed by atoms with van der Waals surface area (Å²) in [6.07, 6.45) is 4.04. The SMILES string of the molecule is CCc1cc2cccc(C#Cc3cncs3)c2c(=O)n1-c1ccccc1.NC(=O)c1c(N)nc2cccnn12. The Bertz CT molecular complexity index is 1910. The Morgan fingerprint density at radius 3 is 2.59 bits per heavy atom. The highest BCUT2D eigenvalue weighted by atomic mass is 32.1. The number of fused-ring (bicyclic) bond motifs is 2. The molecule has 0 aliphatic heterocycles. The summed E-state index contributed by atoms with van der Waals surface area (Å²) < 4.78 is 3.11. The molecule has 0 saturated carbocycles. The molecule has 2 aromatic carbocycles. The monoisotopic (exact) mass is 533 g/mol. The van der Waals surface area contributed by atoms with Crippen molar-refractivity contribution in [1.82, 2.24) is 24.1 Å². The molecule has 6 rings (SSSR count). The average Bonchev–Trinajstić information content (AvgIpc) is 3.59. The molecule has 4 heterocycles. The number of nitrogen functional groups attached to an aromatic ring is 1. The van der Waals surface area contributed by atoms with Crippen molar-refractivity contribution in [3.63, 3.8) is 0 Å². The molecule has 0 aliphatic rings. The van der Waals surface area contributed by atoms with Gasteiger partial charge in [-0.3, -0.25) is 19.1 Å². The molecule has 0 aliphatic carbocycles. The Hall–Kier alpha value is -5.27. The van der Waals surface area contributed by atoms with Gasteiger partial charge in [0.05, 0.1) is 22.0 Å². The Labute approximate surface area is 227 Å². The van der Waals surface area contributed by atoms with Gasteiger partial charge in [-0.2, -0.15) is 5.10 Å². The number of aromatic nitrogens is 5. The fourth-order valence-corrected chi connectivity index (χ4v) is 4.65. The number of rotatable bonds is 3. The second-order valence-electron chi connectivity index (χ2n) is 8.35. The van der Waals surface area contributed by atoms with E-state index in [2.05, 4.69) is 39.9 Å². The van der Waals surface area contributed by atoms with Gasteiger partial charge >= 0.3 is 0 Å². The van der Waals surface area contributed by atoms with Crippen molar-refractivity contribution in [3.8, 4) is 17.5 Å². The van der Waals surface area contributed by atoms with Crippen LogP contribution in [0.15, 0.2) is 89.4 Å². The van der Waals surface area contributed by atoms with Crippen molar-refractivity contribution in [2.75, 3.05) is 5.73 Å². The highest BCUT2D eigenvalue weighted by Gasteiger charge is 2.15. The Kier molecular flexibility index (Phi) is 7.16. The summed E-state index contributed by atoms with van der Waals surface area (Å²) >= 11 is 1.49. The zero-order valence-corrected chi connectivity index (χ0v) is 21.7. The molecule has 39 heavy (non-hydrogen) atoms. The maximum atomic E-state index is 13.4. The minimum Gasteiger partial charge on any atom is -0.382 e. The smallest absolute Gasteiger partial charge is 0.271 e. The maximum absolute atomic E-state index is 13.4. The topological polar surface area (TPSA) is 134 Å². The van der Waals surface area contributed by atoms with Gasteiger partial charge in [0.25, 0.3) is 11.5 Å². The van der Waals surface area contributed by atoms with Crippen LogP contribution in [0.3, 0.4) is 0 Å². The lowest BCUT2D eigenvalue weighted by atomic mass is 10.0. The number of amides is 1. The number of hydrogen-bond acceptors (Lipinski definition) is 7. The van der Waals surface area contributed by atoms with E-state index in [-0.39, 0.29) is 17.1 Å². The molecule has 0 saturated heterocycles. The molecule has 192 valence electrons. The minimum absolute atomic E-state index is 0.0280. The van der Waals surface area contributed by atoms with E-state index in [0.29, 0.717) is 11.0 Å². The van der Waals surface area contributed by atoms with Crippen molar-refractivity contribution >= 4 is 39.5 Å². The van der Waals surface area contributed by atoms with Crippen LogP contribution in [-0.2, 0) is 6.42 Å². The van der Waals surface area contributed by atoms with E-state index in [1.165, 1.54) is 22.0 Å². The van der Waals surface area contributed by atoms with E-state index in [0.717, 1.165) is 33.6 Å². The molecule has 4 N–H and O–H groups in total. The van der Waals surface area contributed by atoms with E-state index in [4.69, 9.17) is 11.5 Å². The minimum atomic E-state index is -0.635. The first kappa shape index (κ1) is 25.4. The molecule has 0 fully saturated rings. The summed E-state index contributed by atoms with van der Waals surface area (Å²) in [5.74, 6) is 5.73. The van der Waals surface area contributed by atoms with E-state index in [1.54, 1.807) is 28.4 Å². The van der Waals surface area contributed by atoms with Crippen LogP contribution in [-0.4, -0.2) is 30.1 Å². The number of aryl methyl sites for hydroxylation is 1. The lowest BCUT2D eigenvalue weighted by molar-refractivity contribution is 0.0994. The summed E-state index contributed by atoms with van der Waals surface area (Å²) in [7, 11) is 0. The number of pyridine rings is 1. The third-order valence-electron chi connectivity index (χ3n) is 5.91. The number of hydrogen-bond donors (Lipinski definition) is 2. The fourth-order valence-electron chi connectivity index (χ4n) is 4.18. The lowest BCUT2D eigenvalue weighted by Gasteiger charge is -2.14. The quantitative estimate of drug-likeness (QED) is 0.332. The third kappa shape index (κ3) is 5.12. The van der Waals surface area contributed by atoms with Crippen LogP contribution in [0.2, 0.25) is 0 Å². The van der Waals surface area contributed by atoms with Gasteiger partial charge in [0.15, 0.2) is 17.2 Å². The predicted molar refractivity (Wildman–Crippen MR) is 153 cm³/mol. The van der Waals surface area contributed by atoms with Gasteiger partial charge < -0.3 is 11.5 Å². The number of para-hydroxylation sites is 1. The Morgan fingerprint density at radius 2 is 1.87 bits per heavy atom. The van der Waals surface area contributed by atoms with Crippen LogP contribution in [0, 0.1) is 11.8 Å². The van der Waals surface area contributed by atoms with Gasteiger partial charge in [-0.15, -0.1) is 11.3 Å². The molecule has 0 bridgehead atoms. The Morgan fingerprint density at radius 1 is 1.05 bits per heavy atom. The normalized spacial score (nSPS) is 10.5. The number of imidazole rings is 1. The number of thiazole rings is 1. The molecule has 9 nitrogen and oxygen atoms in total. The van der Waals surface area contributed by atoms with Crippen molar-refractivity contribution in [1.29, 1.82) is 0 Å². The van der Waals surface area contributed by atoms with Gasteiger partial charge in [0, 0.05) is 23.1 Å². The van der Waals surface area contributed by atoms with Crippen LogP contribution < -0.4 is 17.0 Å². The predicted octanol–water partition coefficient (Wildman–Crippen LogP) is 3.82. The van der Waals surface area contributed by atoms with Crippen LogP contribution >= 0.6 is 11.3 Å². The zero-order valence-electron chi connectivity index (χ0n) is 20.9. The Balaban J connectivity index is 0.000000198. The number of nitrogens with zero attached hydrogens (tertiary/aromatic N) is 5. The van der Waals surface area contributed by atoms with Crippen LogP contribution in [0.4, 0.5) is 5.82 Å². The van der Waals surface area contributed by atoms with Crippen molar-refractivity contribution in [2.45, 2.75) is 13.3 Å². The van der Waals surface area contributed by atoms with Gasteiger partial charge in [-0.05, 0) is 54.1 Å². The van der Waals surface area contributed by atoms with Gasteiger partial charge in [0.1, 0.15) is 0 Å². The summed E-state index contributed by atoms with van der Waals surface area (Å²) in [5, 5.41) is 5.48. The first-order valence-corrected chi connectivity index (χ1v) is 12.9. The molecule has 1 amide bonds. The largest absolute Gasteiger partial charge is 0.382 e. The molecule has 0 radical (unpaired) electrons. The molecule has 6 aromatic rings. The van der Waals surface area contributed by atoms with Crippen LogP contribution in [0.5, 0.6) is 0 Å². The molecule has 4 aromatic heterocycles. The maximum Gasteiger partial charge on any atom is 0.271 e. The number of nitrogens with two attached hydrogens (primary N) is 2. The number of anilines is 1.